The molecular weight excluding hydrogens is 208 g/mol. The van der Waals surface area contributed by atoms with Crippen LogP contribution in [0.1, 0.15) is 0 Å². The van der Waals surface area contributed by atoms with Crippen molar-refractivity contribution in [3.05, 3.63) is 47.1 Å². The maximum atomic E-state index is 10.8. The van der Waals surface area contributed by atoms with Gasteiger partial charge in [-0.1, -0.05) is 18.2 Å². The number of H-pyrrole nitrogens is 1. The van der Waals surface area contributed by atoms with Crippen LogP contribution < -0.4 is 5.69 Å². The van der Waals surface area contributed by atoms with Gasteiger partial charge >= 0.3 is 5.69 Å². The number of aromatic nitrogens is 2. The van der Waals surface area contributed by atoms with Crippen LogP contribution >= 0.6 is 11.8 Å². The molecule has 0 amide bonds. The fourth-order valence-corrected chi connectivity index (χ4v) is 1.99. The fourth-order valence-electron chi connectivity index (χ4n) is 1.37. The first-order chi connectivity index (χ1) is 7.31. The molecule has 0 atom stereocenters. The summed E-state index contributed by atoms with van der Waals surface area (Å²) in [4.78, 5) is 18.3. The van der Waals surface area contributed by atoms with Gasteiger partial charge in [0.25, 0.3) is 0 Å². The summed E-state index contributed by atoms with van der Waals surface area (Å²) in [5.74, 6) is 0. The summed E-state index contributed by atoms with van der Waals surface area (Å²) in [5, 5.41) is 0. The molecule has 0 saturated carbocycles. The van der Waals surface area contributed by atoms with E-state index in [2.05, 4.69) is 9.97 Å². The van der Waals surface area contributed by atoms with Crippen LogP contribution in [0.4, 0.5) is 0 Å². The zero-order chi connectivity index (χ0) is 10.7. The SMILES string of the molecule is CSc1ccccc1-c1cnc(=O)[nH]c1. The molecule has 2 rings (SSSR count). The molecule has 1 aromatic carbocycles. The summed E-state index contributed by atoms with van der Waals surface area (Å²) >= 11 is 1.67. The maximum Gasteiger partial charge on any atom is 0.344 e. The van der Waals surface area contributed by atoms with Crippen molar-refractivity contribution in [1.82, 2.24) is 9.97 Å². The van der Waals surface area contributed by atoms with Crippen molar-refractivity contribution in [3.8, 4) is 11.1 Å². The van der Waals surface area contributed by atoms with Gasteiger partial charge in [0.1, 0.15) is 0 Å². The zero-order valence-corrected chi connectivity index (χ0v) is 9.04. The van der Waals surface area contributed by atoms with Crippen LogP contribution in [0.3, 0.4) is 0 Å². The van der Waals surface area contributed by atoms with Gasteiger partial charge in [-0.15, -0.1) is 11.8 Å². The lowest BCUT2D eigenvalue weighted by molar-refractivity contribution is 1.08. The molecule has 1 heterocycles. The third kappa shape index (κ3) is 2.10. The minimum absolute atomic E-state index is 0.319. The highest BCUT2D eigenvalue weighted by Crippen LogP contribution is 2.28. The van der Waals surface area contributed by atoms with Gasteiger partial charge in [-0.3, -0.25) is 0 Å². The zero-order valence-electron chi connectivity index (χ0n) is 8.23. The molecule has 76 valence electrons. The molecule has 4 heteroatoms. The van der Waals surface area contributed by atoms with Crippen molar-refractivity contribution in [2.45, 2.75) is 4.90 Å². The Balaban J connectivity index is 2.53. The molecule has 0 saturated heterocycles. The molecule has 1 N–H and O–H groups in total. The highest BCUT2D eigenvalue weighted by molar-refractivity contribution is 7.98. The van der Waals surface area contributed by atoms with E-state index < -0.39 is 0 Å². The van der Waals surface area contributed by atoms with Gasteiger partial charge in [-0.25, -0.2) is 9.78 Å². The summed E-state index contributed by atoms with van der Waals surface area (Å²) in [5.41, 5.74) is 1.70. The third-order valence-electron chi connectivity index (χ3n) is 2.09. The van der Waals surface area contributed by atoms with Gasteiger partial charge in [0.2, 0.25) is 0 Å². The van der Waals surface area contributed by atoms with E-state index in [4.69, 9.17) is 0 Å². The van der Waals surface area contributed by atoms with Crippen LogP contribution in [0.2, 0.25) is 0 Å². The van der Waals surface area contributed by atoms with E-state index >= 15 is 0 Å². The second-order valence-corrected chi connectivity index (χ2v) is 3.86. The Morgan fingerprint density at radius 1 is 1.33 bits per heavy atom. The number of hydrogen-bond donors (Lipinski definition) is 1. The molecule has 0 unspecified atom stereocenters. The summed E-state index contributed by atoms with van der Waals surface area (Å²) in [6, 6.07) is 8.03. The summed E-state index contributed by atoms with van der Waals surface area (Å²) < 4.78 is 0. The molecule has 0 fully saturated rings. The standard InChI is InChI=1S/C11H10N2OS/c1-15-10-5-3-2-4-9(10)8-6-12-11(14)13-7-8/h2-7H,1H3,(H,12,13,14). The van der Waals surface area contributed by atoms with Crippen molar-refractivity contribution < 1.29 is 0 Å². The number of benzene rings is 1. The van der Waals surface area contributed by atoms with Crippen molar-refractivity contribution in [2.24, 2.45) is 0 Å². The Morgan fingerprint density at radius 3 is 2.80 bits per heavy atom. The van der Waals surface area contributed by atoms with Gasteiger partial charge < -0.3 is 4.98 Å². The van der Waals surface area contributed by atoms with Crippen LogP contribution in [0.15, 0.2) is 46.3 Å². The maximum absolute atomic E-state index is 10.8. The van der Waals surface area contributed by atoms with Gasteiger partial charge in [0.05, 0.1) is 0 Å². The van der Waals surface area contributed by atoms with Gasteiger partial charge in [0.15, 0.2) is 0 Å². The molecule has 2 aromatic rings. The minimum atomic E-state index is -0.319. The van der Waals surface area contributed by atoms with Crippen LogP contribution in [0.5, 0.6) is 0 Å². The average Bonchev–Trinajstić information content (AvgIpc) is 2.30. The Morgan fingerprint density at radius 2 is 2.13 bits per heavy atom. The highest BCUT2D eigenvalue weighted by atomic mass is 32.2. The van der Waals surface area contributed by atoms with E-state index in [0.29, 0.717) is 0 Å². The van der Waals surface area contributed by atoms with Crippen molar-refractivity contribution >= 4 is 11.8 Å². The monoisotopic (exact) mass is 218 g/mol. The smallest absolute Gasteiger partial charge is 0.312 e. The first-order valence-electron chi connectivity index (χ1n) is 4.49. The predicted molar refractivity (Wildman–Crippen MR) is 62.1 cm³/mol. The summed E-state index contributed by atoms with van der Waals surface area (Å²) in [6.07, 6.45) is 5.30. The van der Waals surface area contributed by atoms with E-state index in [1.54, 1.807) is 24.2 Å². The van der Waals surface area contributed by atoms with E-state index in [0.717, 1.165) is 11.1 Å². The van der Waals surface area contributed by atoms with Gasteiger partial charge in [-0.2, -0.15) is 0 Å². The summed E-state index contributed by atoms with van der Waals surface area (Å²) in [7, 11) is 0. The Hall–Kier alpha value is -1.55. The molecule has 0 radical (unpaired) electrons. The summed E-state index contributed by atoms with van der Waals surface area (Å²) in [6.45, 7) is 0. The molecule has 0 bridgehead atoms. The highest BCUT2D eigenvalue weighted by Gasteiger charge is 2.03. The molecule has 3 nitrogen and oxygen atoms in total. The number of rotatable bonds is 2. The first kappa shape index (κ1) is 9.98. The molecule has 0 spiro atoms. The number of nitrogens with zero attached hydrogens (tertiary/aromatic N) is 1. The Kier molecular flexibility index (Phi) is 2.87. The van der Waals surface area contributed by atoms with E-state index in [-0.39, 0.29) is 5.69 Å². The van der Waals surface area contributed by atoms with Crippen LogP contribution in [0.25, 0.3) is 11.1 Å². The topological polar surface area (TPSA) is 45.8 Å². The normalized spacial score (nSPS) is 10.2. The lowest BCUT2D eigenvalue weighted by Gasteiger charge is -2.05. The van der Waals surface area contributed by atoms with Crippen LogP contribution in [0, 0.1) is 0 Å². The van der Waals surface area contributed by atoms with Crippen molar-refractivity contribution in [1.29, 1.82) is 0 Å². The fraction of sp³-hybridized carbons (Fsp3) is 0.0909. The number of aromatic amines is 1. The van der Waals surface area contributed by atoms with E-state index in [1.165, 1.54) is 4.90 Å². The Bertz CT molecular complexity index is 501. The minimum Gasteiger partial charge on any atom is -0.312 e. The molecule has 1 aromatic heterocycles. The number of thioether (sulfide) groups is 1. The number of hydrogen-bond acceptors (Lipinski definition) is 3. The van der Waals surface area contributed by atoms with E-state index in [9.17, 15) is 4.79 Å². The van der Waals surface area contributed by atoms with Crippen molar-refractivity contribution in [3.63, 3.8) is 0 Å². The van der Waals surface area contributed by atoms with Crippen molar-refractivity contribution in [2.75, 3.05) is 6.26 Å². The second kappa shape index (κ2) is 4.31. The molecular formula is C11H10N2OS. The van der Waals surface area contributed by atoms with Crippen LogP contribution in [-0.4, -0.2) is 16.2 Å². The lowest BCUT2D eigenvalue weighted by Crippen LogP contribution is -2.07. The molecule has 15 heavy (non-hydrogen) atoms. The first-order valence-corrected chi connectivity index (χ1v) is 5.72. The lowest BCUT2D eigenvalue weighted by atomic mass is 10.1. The number of nitrogens with one attached hydrogen (secondary N) is 1. The Labute approximate surface area is 91.6 Å². The average molecular weight is 218 g/mol. The largest absolute Gasteiger partial charge is 0.344 e. The third-order valence-corrected chi connectivity index (χ3v) is 2.89. The second-order valence-electron chi connectivity index (χ2n) is 3.01. The van der Waals surface area contributed by atoms with Crippen LogP contribution in [-0.2, 0) is 0 Å². The van der Waals surface area contributed by atoms with Gasteiger partial charge in [-0.05, 0) is 17.9 Å². The molecule has 0 aliphatic carbocycles. The predicted octanol–water partition coefficient (Wildman–Crippen LogP) is 2.16. The quantitative estimate of drug-likeness (QED) is 0.786. The molecule has 0 aliphatic heterocycles. The van der Waals surface area contributed by atoms with E-state index in [1.807, 2.05) is 30.5 Å². The van der Waals surface area contributed by atoms with Gasteiger partial charge in [0, 0.05) is 22.9 Å². The molecule has 0 aliphatic rings.